The lowest BCUT2D eigenvalue weighted by molar-refractivity contribution is -0.142. The van der Waals surface area contributed by atoms with E-state index in [0.717, 1.165) is 12.2 Å². The number of anilines is 1. The maximum Gasteiger partial charge on any atom is 0.244 e. The highest BCUT2D eigenvalue weighted by Gasteiger charge is 2.67. The zero-order chi connectivity index (χ0) is 18.7. The highest BCUT2D eigenvalue weighted by molar-refractivity contribution is 6.09. The van der Waals surface area contributed by atoms with Crippen molar-refractivity contribution in [2.75, 3.05) is 18.5 Å². The molecule has 140 valence electrons. The van der Waals surface area contributed by atoms with Crippen LogP contribution < -0.4 is 10.1 Å². The second-order valence-electron chi connectivity index (χ2n) is 7.92. The highest BCUT2D eigenvalue weighted by atomic mass is 16.5. The predicted molar refractivity (Wildman–Crippen MR) is 97.7 cm³/mol. The molecule has 27 heavy (non-hydrogen) atoms. The quantitative estimate of drug-likeness (QED) is 0.639. The summed E-state index contributed by atoms with van der Waals surface area (Å²) in [7, 11) is 0. The molecule has 5 aliphatic rings. The van der Waals surface area contributed by atoms with E-state index in [1.54, 1.807) is 24.3 Å². The molecular formula is C21H22N2O4. The summed E-state index contributed by atoms with van der Waals surface area (Å²) >= 11 is 0. The molecule has 3 fully saturated rings. The first-order valence-corrected chi connectivity index (χ1v) is 9.64. The summed E-state index contributed by atoms with van der Waals surface area (Å²) in [5.74, 6) is 1.01. The average molecular weight is 366 g/mol. The normalized spacial score (nSPS) is 35.1. The van der Waals surface area contributed by atoms with E-state index in [1.165, 1.54) is 4.90 Å². The van der Waals surface area contributed by atoms with Crippen LogP contribution in [0.4, 0.5) is 5.69 Å². The van der Waals surface area contributed by atoms with Crippen molar-refractivity contribution in [1.29, 1.82) is 0 Å². The van der Waals surface area contributed by atoms with Crippen LogP contribution in [0, 0.1) is 35.5 Å². The van der Waals surface area contributed by atoms with Crippen molar-refractivity contribution in [3.63, 3.8) is 0 Å². The molecule has 1 aromatic rings. The third kappa shape index (κ3) is 2.50. The number of carbonyl (C=O) groups excluding carboxylic acids is 3. The van der Waals surface area contributed by atoms with E-state index in [1.807, 2.05) is 6.92 Å². The van der Waals surface area contributed by atoms with Gasteiger partial charge in [0.1, 0.15) is 12.3 Å². The zero-order valence-electron chi connectivity index (χ0n) is 15.1. The molecule has 4 aliphatic carbocycles. The molecule has 0 aromatic heterocycles. The Hall–Kier alpha value is -2.63. The first-order valence-electron chi connectivity index (χ1n) is 9.64. The average Bonchev–Trinajstić information content (AvgIpc) is 3.45. The fourth-order valence-electron chi connectivity index (χ4n) is 5.32. The van der Waals surface area contributed by atoms with Crippen LogP contribution in [0.3, 0.4) is 0 Å². The minimum atomic E-state index is -0.357. The fraction of sp³-hybridized carbons (Fsp3) is 0.476. The lowest BCUT2D eigenvalue weighted by Crippen LogP contribution is -2.40. The van der Waals surface area contributed by atoms with Crippen LogP contribution in [-0.4, -0.2) is 35.8 Å². The van der Waals surface area contributed by atoms with Crippen molar-refractivity contribution < 1.29 is 19.1 Å². The minimum Gasteiger partial charge on any atom is -0.494 e. The third-order valence-corrected chi connectivity index (χ3v) is 6.50. The SMILES string of the molecule is CCOc1ccc(NC(=O)CN2C(=O)[C@@H]3[C@@H]4C=C[C@H]([C@@H]5C[C@H]45)[C@@H]3C2=O)cc1. The van der Waals surface area contributed by atoms with Gasteiger partial charge in [0, 0.05) is 5.69 Å². The molecule has 2 bridgehead atoms. The van der Waals surface area contributed by atoms with Gasteiger partial charge in [-0.05, 0) is 61.3 Å². The number of nitrogens with one attached hydrogen (secondary N) is 1. The van der Waals surface area contributed by atoms with Crippen LogP contribution in [0.25, 0.3) is 0 Å². The van der Waals surface area contributed by atoms with Crippen LogP contribution in [0.1, 0.15) is 13.3 Å². The smallest absolute Gasteiger partial charge is 0.244 e. The number of carbonyl (C=O) groups is 3. The number of hydrogen-bond acceptors (Lipinski definition) is 4. The van der Waals surface area contributed by atoms with E-state index in [-0.39, 0.29) is 47.9 Å². The zero-order valence-corrected chi connectivity index (χ0v) is 15.1. The molecule has 1 aliphatic heterocycles. The molecule has 6 rings (SSSR count). The molecule has 1 saturated heterocycles. The summed E-state index contributed by atoms with van der Waals surface area (Å²) in [5, 5.41) is 2.76. The number of nitrogens with zero attached hydrogens (tertiary/aromatic N) is 1. The van der Waals surface area contributed by atoms with Gasteiger partial charge >= 0.3 is 0 Å². The van der Waals surface area contributed by atoms with Gasteiger partial charge < -0.3 is 10.1 Å². The summed E-state index contributed by atoms with van der Waals surface area (Å²) < 4.78 is 5.38. The van der Waals surface area contributed by atoms with Gasteiger partial charge in [0.05, 0.1) is 18.4 Å². The monoisotopic (exact) mass is 366 g/mol. The van der Waals surface area contributed by atoms with Crippen molar-refractivity contribution in [2.45, 2.75) is 13.3 Å². The second kappa shape index (κ2) is 5.94. The molecule has 6 atom stereocenters. The summed E-state index contributed by atoms with van der Waals surface area (Å²) in [6, 6.07) is 7.03. The van der Waals surface area contributed by atoms with E-state index < -0.39 is 0 Å². The molecule has 1 heterocycles. The summed E-state index contributed by atoms with van der Waals surface area (Å²) in [5.41, 5.74) is 0.614. The Morgan fingerprint density at radius 2 is 1.67 bits per heavy atom. The number of imide groups is 1. The van der Waals surface area contributed by atoms with Crippen molar-refractivity contribution in [1.82, 2.24) is 4.90 Å². The van der Waals surface area contributed by atoms with E-state index in [0.29, 0.717) is 24.1 Å². The Kier molecular flexibility index (Phi) is 3.64. The van der Waals surface area contributed by atoms with Crippen LogP contribution in [0.15, 0.2) is 36.4 Å². The number of benzene rings is 1. The van der Waals surface area contributed by atoms with E-state index in [9.17, 15) is 14.4 Å². The molecule has 0 radical (unpaired) electrons. The number of rotatable bonds is 5. The number of allylic oxidation sites excluding steroid dienone is 2. The Bertz CT molecular complexity index is 810. The number of likely N-dealkylation sites (tertiary alicyclic amines) is 1. The lowest BCUT2D eigenvalue weighted by Gasteiger charge is -2.37. The Balaban J connectivity index is 1.27. The number of amides is 3. The van der Waals surface area contributed by atoms with E-state index >= 15 is 0 Å². The van der Waals surface area contributed by atoms with Crippen molar-refractivity contribution in [3.05, 3.63) is 36.4 Å². The molecular weight excluding hydrogens is 344 g/mol. The predicted octanol–water partition coefficient (Wildman–Crippen LogP) is 2.08. The largest absolute Gasteiger partial charge is 0.494 e. The Labute approximate surface area is 157 Å². The topological polar surface area (TPSA) is 75.7 Å². The molecule has 6 heteroatoms. The van der Waals surface area contributed by atoms with Gasteiger partial charge in [-0.3, -0.25) is 19.3 Å². The van der Waals surface area contributed by atoms with Crippen molar-refractivity contribution >= 4 is 23.4 Å². The summed E-state index contributed by atoms with van der Waals surface area (Å²) in [4.78, 5) is 39.4. The fourth-order valence-corrected chi connectivity index (χ4v) is 5.32. The first-order chi connectivity index (χ1) is 13.1. The second-order valence-corrected chi connectivity index (χ2v) is 7.92. The van der Waals surface area contributed by atoms with Gasteiger partial charge in [0.2, 0.25) is 17.7 Å². The highest BCUT2D eigenvalue weighted by Crippen LogP contribution is 2.65. The molecule has 1 N–H and O–H groups in total. The van der Waals surface area contributed by atoms with Crippen molar-refractivity contribution in [3.8, 4) is 5.75 Å². The summed E-state index contributed by atoms with van der Waals surface area (Å²) in [6.07, 6.45) is 5.40. The number of hydrogen-bond donors (Lipinski definition) is 1. The summed E-state index contributed by atoms with van der Waals surface area (Å²) in [6.45, 7) is 2.26. The van der Waals surface area contributed by atoms with Crippen LogP contribution in [0.5, 0.6) is 5.75 Å². The van der Waals surface area contributed by atoms with Gasteiger partial charge in [-0.2, -0.15) is 0 Å². The van der Waals surface area contributed by atoms with Crippen LogP contribution in [-0.2, 0) is 14.4 Å². The molecule has 3 amide bonds. The van der Waals surface area contributed by atoms with Gasteiger partial charge in [0.25, 0.3) is 0 Å². The van der Waals surface area contributed by atoms with Crippen LogP contribution in [0.2, 0.25) is 0 Å². The maximum atomic E-state index is 12.9. The lowest BCUT2D eigenvalue weighted by atomic mass is 9.63. The minimum absolute atomic E-state index is 0.170. The molecule has 0 spiro atoms. The van der Waals surface area contributed by atoms with Gasteiger partial charge in [-0.1, -0.05) is 12.2 Å². The molecule has 1 aromatic carbocycles. The van der Waals surface area contributed by atoms with E-state index in [2.05, 4.69) is 17.5 Å². The van der Waals surface area contributed by atoms with Gasteiger partial charge in [-0.25, -0.2) is 0 Å². The number of ether oxygens (including phenoxy) is 1. The van der Waals surface area contributed by atoms with Gasteiger partial charge in [0.15, 0.2) is 0 Å². The molecule has 0 unspecified atom stereocenters. The van der Waals surface area contributed by atoms with Gasteiger partial charge in [-0.15, -0.1) is 0 Å². The Morgan fingerprint density at radius 1 is 1.07 bits per heavy atom. The molecule has 2 saturated carbocycles. The van der Waals surface area contributed by atoms with Crippen LogP contribution >= 0.6 is 0 Å². The van der Waals surface area contributed by atoms with Crippen molar-refractivity contribution in [2.24, 2.45) is 35.5 Å². The third-order valence-electron chi connectivity index (χ3n) is 6.50. The first kappa shape index (κ1) is 16.5. The molecule has 6 nitrogen and oxygen atoms in total. The Morgan fingerprint density at radius 3 is 2.22 bits per heavy atom. The maximum absolute atomic E-state index is 12.9. The standard InChI is InChI=1S/C21H22N2O4/c1-2-27-12-5-3-11(4-6-12)22-17(24)10-23-20(25)18-13-7-8-14(16-9-15(13)16)19(18)21(23)26/h3-8,13-16,18-19H,2,9-10H2,1H3,(H,22,24)/t13-,14-,15-,16+,18-,19+/m1/s1. The van der Waals surface area contributed by atoms with E-state index in [4.69, 9.17) is 4.74 Å².